The van der Waals surface area contributed by atoms with E-state index in [-0.39, 0.29) is 17.8 Å². The highest BCUT2D eigenvalue weighted by Crippen LogP contribution is 2.15. The van der Waals surface area contributed by atoms with Crippen LogP contribution in [0.2, 0.25) is 0 Å². The summed E-state index contributed by atoms with van der Waals surface area (Å²) >= 11 is 0. The predicted octanol–water partition coefficient (Wildman–Crippen LogP) is 1.39. The molecule has 5 nitrogen and oxygen atoms in total. The third-order valence-corrected chi connectivity index (χ3v) is 1.94. The zero-order valence-corrected chi connectivity index (χ0v) is 8.72. The lowest BCUT2D eigenvalue weighted by Gasteiger charge is -2.01. The molecule has 0 saturated carbocycles. The summed E-state index contributed by atoms with van der Waals surface area (Å²) < 4.78 is 19.4. The zero-order chi connectivity index (χ0) is 11.5. The summed E-state index contributed by atoms with van der Waals surface area (Å²) in [4.78, 5) is 3.89. The van der Waals surface area contributed by atoms with E-state index in [9.17, 15) is 4.39 Å². The molecule has 0 atom stereocenters. The van der Waals surface area contributed by atoms with Crippen molar-refractivity contribution >= 4 is 5.95 Å². The number of halogens is 1. The van der Waals surface area contributed by atoms with Crippen molar-refractivity contribution in [1.82, 2.24) is 14.8 Å². The van der Waals surface area contributed by atoms with Crippen molar-refractivity contribution in [1.29, 1.82) is 0 Å². The Hall–Kier alpha value is -2.11. The Morgan fingerprint density at radius 2 is 2.31 bits per heavy atom. The molecule has 84 valence electrons. The van der Waals surface area contributed by atoms with Gasteiger partial charge in [0.2, 0.25) is 5.95 Å². The summed E-state index contributed by atoms with van der Waals surface area (Å²) in [6, 6.07) is 6.11. The van der Waals surface area contributed by atoms with E-state index < -0.39 is 0 Å². The number of nitrogens with two attached hydrogens (primary N) is 1. The Morgan fingerprint density at radius 1 is 1.50 bits per heavy atom. The second kappa shape index (κ2) is 4.18. The molecule has 0 saturated heterocycles. The Balaban J connectivity index is 2.40. The van der Waals surface area contributed by atoms with E-state index in [2.05, 4.69) is 10.1 Å². The molecule has 0 amide bonds. The monoisotopic (exact) mass is 222 g/mol. The second-order valence-corrected chi connectivity index (χ2v) is 3.08. The van der Waals surface area contributed by atoms with Crippen LogP contribution in [0.15, 0.2) is 24.3 Å². The minimum absolute atomic E-state index is 0.161. The van der Waals surface area contributed by atoms with Crippen LogP contribution in [0.5, 0.6) is 6.01 Å². The molecule has 0 fully saturated rings. The molecular weight excluding hydrogens is 211 g/mol. The molecular formula is C10H11FN4O. The van der Waals surface area contributed by atoms with Gasteiger partial charge in [-0.15, -0.1) is 5.10 Å². The van der Waals surface area contributed by atoms with E-state index in [1.807, 2.05) is 6.92 Å². The zero-order valence-electron chi connectivity index (χ0n) is 8.72. The third kappa shape index (κ3) is 1.95. The van der Waals surface area contributed by atoms with E-state index in [1.54, 1.807) is 12.1 Å². The first-order valence-corrected chi connectivity index (χ1v) is 4.82. The Bertz CT molecular complexity index is 497. The standard InChI is InChI=1S/C10H11FN4O/c1-2-16-10-13-9(12)15(14-10)8-5-3-4-7(11)6-8/h3-6H,2H2,1H3,(H2,12,13,14). The van der Waals surface area contributed by atoms with Gasteiger partial charge in [0, 0.05) is 0 Å². The van der Waals surface area contributed by atoms with Crippen molar-refractivity contribution < 1.29 is 9.13 Å². The first-order valence-electron chi connectivity index (χ1n) is 4.82. The minimum atomic E-state index is -0.356. The maximum absolute atomic E-state index is 13.0. The number of anilines is 1. The lowest BCUT2D eigenvalue weighted by molar-refractivity contribution is 0.312. The number of aromatic nitrogens is 3. The highest BCUT2D eigenvalue weighted by Gasteiger charge is 2.09. The molecule has 0 bridgehead atoms. The lowest BCUT2D eigenvalue weighted by atomic mass is 10.3. The summed E-state index contributed by atoms with van der Waals surface area (Å²) in [5.74, 6) is -0.195. The van der Waals surface area contributed by atoms with Gasteiger partial charge in [-0.05, 0) is 25.1 Å². The highest BCUT2D eigenvalue weighted by atomic mass is 19.1. The van der Waals surface area contributed by atoms with Crippen LogP contribution in [0.3, 0.4) is 0 Å². The smallest absolute Gasteiger partial charge is 0.337 e. The Labute approximate surface area is 91.7 Å². The van der Waals surface area contributed by atoms with Crippen LogP contribution in [0.25, 0.3) is 5.69 Å². The molecule has 0 spiro atoms. The molecule has 16 heavy (non-hydrogen) atoms. The van der Waals surface area contributed by atoms with Crippen molar-refractivity contribution in [2.75, 3.05) is 12.3 Å². The highest BCUT2D eigenvalue weighted by molar-refractivity contribution is 5.38. The van der Waals surface area contributed by atoms with Gasteiger partial charge in [0.05, 0.1) is 12.3 Å². The molecule has 0 aliphatic carbocycles. The fourth-order valence-corrected chi connectivity index (χ4v) is 1.29. The van der Waals surface area contributed by atoms with Crippen molar-refractivity contribution in [2.24, 2.45) is 0 Å². The summed E-state index contributed by atoms with van der Waals surface area (Å²) in [6.07, 6.45) is 0. The summed E-state index contributed by atoms with van der Waals surface area (Å²) in [6.45, 7) is 2.27. The number of benzene rings is 1. The van der Waals surface area contributed by atoms with Gasteiger partial charge >= 0.3 is 6.01 Å². The fraction of sp³-hybridized carbons (Fsp3) is 0.200. The van der Waals surface area contributed by atoms with Gasteiger partial charge < -0.3 is 10.5 Å². The maximum atomic E-state index is 13.0. The number of hydrogen-bond donors (Lipinski definition) is 1. The maximum Gasteiger partial charge on any atom is 0.337 e. The minimum Gasteiger partial charge on any atom is -0.463 e. The van der Waals surface area contributed by atoms with Gasteiger partial charge in [-0.1, -0.05) is 6.07 Å². The molecule has 2 N–H and O–H groups in total. The predicted molar refractivity (Wildman–Crippen MR) is 56.9 cm³/mol. The van der Waals surface area contributed by atoms with Crippen LogP contribution in [-0.2, 0) is 0 Å². The number of ether oxygens (including phenoxy) is 1. The summed E-state index contributed by atoms with van der Waals surface area (Å²) in [7, 11) is 0. The van der Waals surface area contributed by atoms with E-state index in [0.29, 0.717) is 12.3 Å². The Morgan fingerprint density at radius 3 is 3.00 bits per heavy atom. The SMILES string of the molecule is CCOc1nc(N)n(-c2cccc(F)c2)n1. The number of rotatable bonds is 3. The average Bonchev–Trinajstić information content (AvgIpc) is 2.60. The lowest BCUT2D eigenvalue weighted by Crippen LogP contribution is -2.02. The molecule has 0 aliphatic rings. The van der Waals surface area contributed by atoms with E-state index in [1.165, 1.54) is 16.8 Å². The molecule has 1 aromatic carbocycles. The van der Waals surface area contributed by atoms with Gasteiger partial charge in [0.15, 0.2) is 0 Å². The van der Waals surface area contributed by atoms with Crippen LogP contribution < -0.4 is 10.5 Å². The van der Waals surface area contributed by atoms with Crippen LogP contribution in [0.1, 0.15) is 6.92 Å². The summed E-state index contributed by atoms with van der Waals surface area (Å²) in [5, 5.41) is 4.00. The van der Waals surface area contributed by atoms with Gasteiger partial charge in [-0.25, -0.2) is 4.39 Å². The van der Waals surface area contributed by atoms with Crippen molar-refractivity contribution in [2.45, 2.75) is 6.92 Å². The summed E-state index contributed by atoms with van der Waals surface area (Å²) in [5.41, 5.74) is 6.15. The van der Waals surface area contributed by atoms with E-state index >= 15 is 0 Å². The fourth-order valence-electron chi connectivity index (χ4n) is 1.29. The van der Waals surface area contributed by atoms with Crippen LogP contribution in [-0.4, -0.2) is 21.4 Å². The van der Waals surface area contributed by atoms with Gasteiger partial charge in [0.25, 0.3) is 0 Å². The number of nitrogen functional groups attached to an aromatic ring is 1. The topological polar surface area (TPSA) is 66.0 Å². The van der Waals surface area contributed by atoms with Crippen molar-refractivity contribution in [3.05, 3.63) is 30.1 Å². The first kappa shape index (κ1) is 10.4. The van der Waals surface area contributed by atoms with Crippen molar-refractivity contribution in [3.63, 3.8) is 0 Å². The second-order valence-electron chi connectivity index (χ2n) is 3.08. The van der Waals surface area contributed by atoms with E-state index in [0.717, 1.165) is 0 Å². The molecule has 6 heteroatoms. The number of hydrogen-bond acceptors (Lipinski definition) is 4. The van der Waals surface area contributed by atoms with Crippen molar-refractivity contribution in [3.8, 4) is 11.7 Å². The molecule has 2 rings (SSSR count). The largest absolute Gasteiger partial charge is 0.463 e. The molecule has 0 unspecified atom stereocenters. The molecule has 1 aromatic heterocycles. The molecule has 2 aromatic rings. The molecule has 0 aliphatic heterocycles. The van der Waals surface area contributed by atoms with Crippen LogP contribution in [0, 0.1) is 5.82 Å². The first-order chi connectivity index (χ1) is 7.70. The molecule has 1 heterocycles. The van der Waals surface area contributed by atoms with Gasteiger partial charge in [0.1, 0.15) is 5.82 Å². The van der Waals surface area contributed by atoms with Gasteiger partial charge in [-0.2, -0.15) is 9.67 Å². The third-order valence-electron chi connectivity index (χ3n) is 1.94. The Kier molecular flexibility index (Phi) is 2.72. The van der Waals surface area contributed by atoms with E-state index in [4.69, 9.17) is 10.5 Å². The van der Waals surface area contributed by atoms with Crippen LogP contribution >= 0.6 is 0 Å². The molecule has 0 radical (unpaired) electrons. The van der Waals surface area contributed by atoms with Gasteiger partial charge in [-0.3, -0.25) is 0 Å². The quantitative estimate of drug-likeness (QED) is 0.852. The normalized spacial score (nSPS) is 10.4. The van der Waals surface area contributed by atoms with Crippen LogP contribution in [0.4, 0.5) is 10.3 Å². The number of nitrogens with zero attached hydrogens (tertiary/aromatic N) is 3. The average molecular weight is 222 g/mol.